The van der Waals surface area contributed by atoms with E-state index >= 15 is 0 Å². The van der Waals surface area contributed by atoms with Crippen LogP contribution in [0.2, 0.25) is 5.02 Å². The minimum absolute atomic E-state index is 0.161. The summed E-state index contributed by atoms with van der Waals surface area (Å²) < 4.78 is 39.3. The van der Waals surface area contributed by atoms with Crippen molar-refractivity contribution in [2.45, 2.75) is 51.2 Å². The zero-order chi connectivity index (χ0) is 31.6. The van der Waals surface area contributed by atoms with Gasteiger partial charge in [-0.2, -0.15) is 0 Å². The number of methoxy groups -OCH3 is 1. The Hall–Kier alpha value is -4.41. The highest BCUT2D eigenvalue weighted by Crippen LogP contribution is 2.29. The number of pyridine rings is 2. The van der Waals surface area contributed by atoms with E-state index in [1.165, 1.54) is 15.1 Å². The van der Waals surface area contributed by atoms with Crippen LogP contribution in [0.3, 0.4) is 0 Å². The number of nitrogens with zero attached hydrogens (tertiary/aromatic N) is 4. The molecule has 2 aromatic carbocycles. The van der Waals surface area contributed by atoms with Crippen LogP contribution in [-0.2, 0) is 27.7 Å². The quantitative estimate of drug-likeness (QED) is 0.179. The number of hydrogen-bond donors (Lipinski definition) is 0. The fraction of sp³-hybridized carbons (Fsp3) is 0.242. The molecule has 1 amide bonds. The average Bonchev–Trinajstić information content (AvgIpc) is 3.34. The van der Waals surface area contributed by atoms with Crippen LogP contribution in [0.15, 0.2) is 90.2 Å². The maximum Gasteiger partial charge on any atom is 0.416 e. The Morgan fingerprint density at radius 2 is 1.64 bits per heavy atom. The first-order chi connectivity index (χ1) is 20.8. The topological polar surface area (TPSA) is 104 Å². The van der Waals surface area contributed by atoms with Crippen LogP contribution in [0, 0.1) is 6.92 Å². The summed E-state index contributed by atoms with van der Waals surface area (Å²) in [6.07, 6.45) is 4.50. The second-order valence-electron chi connectivity index (χ2n) is 11.4. The first-order valence-corrected chi connectivity index (χ1v) is 15.7. The van der Waals surface area contributed by atoms with Crippen LogP contribution in [0.25, 0.3) is 11.0 Å². The van der Waals surface area contributed by atoms with Crippen molar-refractivity contribution in [1.29, 1.82) is 0 Å². The number of rotatable bonds is 8. The van der Waals surface area contributed by atoms with Gasteiger partial charge >= 0.3 is 6.09 Å². The summed E-state index contributed by atoms with van der Waals surface area (Å²) in [5.74, 6) is 1.12. The SMILES string of the molecule is COc1ccc(CN(C(=O)OC(C)(C)C)c2ccc(Cc3cn(S(=O)(=O)c4ccc(C)cc4)c4ncc(Cl)cc34)cn2)cc1. The van der Waals surface area contributed by atoms with Crippen LogP contribution in [0.4, 0.5) is 10.6 Å². The van der Waals surface area contributed by atoms with Crippen molar-refractivity contribution in [2.75, 3.05) is 12.0 Å². The Bertz CT molecular complexity index is 1900. The van der Waals surface area contributed by atoms with Gasteiger partial charge in [-0.25, -0.2) is 27.2 Å². The van der Waals surface area contributed by atoms with Gasteiger partial charge in [-0.1, -0.05) is 47.5 Å². The molecule has 0 saturated carbocycles. The summed E-state index contributed by atoms with van der Waals surface area (Å²) in [5.41, 5.74) is 2.92. The van der Waals surface area contributed by atoms with Crippen molar-refractivity contribution in [3.63, 3.8) is 0 Å². The molecular weight excluding hydrogens is 600 g/mol. The summed E-state index contributed by atoms with van der Waals surface area (Å²) in [5, 5.41) is 1.01. The molecule has 0 atom stereocenters. The lowest BCUT2D eigenvalue weighted by Crippen LogP contribution is -2.37. The zero-order valence-electron chi connectivity index (χ0n) is 25.1. The van der Waals surface area contributed by atoms with Gasteiger partial charge in [0.25, 0.3) is 10.0 Å². The number of aryl methyl sites for hydroxylation is 1. The minimum atomic E-state index is -3.91. The van der Waals surface area contributed by atoms with E-state index in [1.54, 1.807) is 55.9 Å². The Morgan fingerprint density at radius 1 is 0.955 bits per heavy atom. The summed E-state index contributed by atoms with van der Waals surface area (Å²) in [6, 6.07) is 19.4. The molecule has 0 saturated heterocycles. The van der Waals surface area contributed by atoms with Gasteiger partial charge in [-0.15, -0.1) is 0 Å². The number of fused-ring (bicyclic) bond motifs is 1. The van der Waals surface area contributed by atoms with E-state index in [9.17, 15) is 13.2 Å². The maximum absolute atomic E-state index is 13.6. The number of carbonyl (C=O) groups is 1. The summed E-state index contributed by atoms with van der Waals surface area (Å²) in [7, 11) is -2.32. The van der Waals surface area contributed by atoms with Crippen molar-refractivity contribution in [1.82, 2.24) is 13.9 Å². The van der Waals surface area contributed by atoms with Crippen LogP contribution in [0.1, 0.15) is 43.0 Å². The number of ether oxygens (including phenoxy) is 2. The van der Waals surface area contributed by atoms with E-state index in [0.717, 1.165) is 16.7 Å². The van der Waals surface area contributed by atoms with Gasteiger partial charge in [0.05, 0.1) is 23.6 Å². The van der Waals surface area contributed by atoms with Crippen LogP contribution in [-0.4, -0.2) is 41.2 Å². The van der Waals surface area contributed by atoms with Crippen molar-refractivity contribution in [3.8, 4) is 5.75 Å². The van der Waals surface area contributed by atoms with Crippen molar-refractivity contribution in [3.05, 3.63) is 113 Å². The molecule has 0 radical (unpaired) electrons. The van der Waals surface area contributed by atoms with Crippen molar-refractivity contribution >= 4 is 44.6 Å². The number of benzene rings is 2. The summed E-state index contributed by atoms with van der Waals surface area (Å²) in [4.78, 5) is 23.8. The van der Waals surface area contributed by atoms with Crippen LogP contribution in [0.5, 0.6) is 5.75 Å². The second kappa shape index (κ2) is 12.3. The molecule has 0 fully saturated rings. The molecule has 9 nitrogen and oxygen atoms in total. The molecule has 0 spiro atoms. The van der Waals surface area contributed by atoms with E-state index in [4.69, 9.17) is 21.1 Å². The molecule has 3 heterocycles. The molecule has 0 aliphatic carbocycles. The first kappa shape index (κ1) is 31.0. The highest BCUT2D eigenvalue weighted by Gasteiger charge is 2.26. The summed E-state index contributed by atoms with van der Waals surface area (Å²) >= 11 is 6.28. The molecule has 3 aromatic heterocycles. The lowest BCUT2D eigenvalue weighted by Gasteiger charge is -2.27. The van der Waals surface area contributed by atoms with Gasteiger partial charge in [0, 0.05) is 30.4 Å². The predicted molar refractivity (Wildman–Crippen MR) is 171 cm³/mol. The summed E-state index contributed by atoms with van der Waals surface area (Å²) in [6.45, 7) is 7.56. The van der Waals surface area contributed by atoms with E-state index in [0.29, 0.717) is 34.0 Å². The Balaban J connectivity index is 1.46. The number of halogens is 1. The molecule has 228 valence electrons. The van der Waals surface area contributed by atoms with E-state index in [-0.39, 0.29) is 17.1 Å². The molecule has 11 heteroatoms. The maximum atomic E-state index is 13.6. The molecule has 5 aromatic rings. The third-order valence-electron chi connectivity index (χ3n) is 6.83. The smallest absolute Gasteiger partial charge is 0.416 e. The standard InChI is InChI=1S/C33H33ClN4O5S/c1-22-6-13-28(14-7-22)44(40,41)38-21-25(29-17-26(34)19-36-31(29)38)16-24-10-15-30(35-18-24)37(32(39)43-33(2,3)4)20-23-8-11-27(42-5)12-9-23/h6-15,17-19,21H,16,20H2,1-5H3. The number of anilines is 1. The second-order valence-corrected chi connectivity index (χ2v) is 13.7. The highest BCUT2D eigenvalue weighted by atomic mass is 35.5. The molecule has 0 bridgehead atoms. The van der Waals surface area contributed by atoms with Gasteiger partial charge in [0.15, 0.2) is 5.65 Å². The molecule has 0 N–H and O–H groups in total. The molecule has 5 rings (SSSR count). The third-order valence-corrected chi connectivity index (χ3v) is 8.70. The van der Waals surface area contributed by atoms with E-state index < -0.39 is 21.7 Å². The minimum Gasteiger partial charge on any atom is -0.497 e. The monoisotopic (exact) mass is 632 g/mol. The molecule has 44 heavy (non-hydrogen) atoms. The zero-order valence-corrected chi connectivity index (χ0v) is 26.7. The predicted octanol–water partition coefficient (Wildman–Crippen LogP) is 7.17. The number of carbonyl (C=O) groups excluding carboxylic acids is 1. The van der Waals surface area contributed by atoms with Crippen LogP contribution >= 0.6 is 11.6 Å². The fourth-order valence-electron chi connectivity index (χ4n) is 4.63. The van der Waals surface area contributed by atoms with Crippen molar-refractivity contribution < 1.29 is 22.7 Å². The lowest BCUT2D eigenvalue weighted by atomic mass is 10.1. The molecular formula is C33H33ClN4O5S. The van der Waals surface area contributed by atoms with Gasteiger partial charge < -0.3 is 9.47 Å². The molecule has 0 aliphatic rings. The normalized spacial score (nSPS) is 11.9. The Labute approximate surface area is 262 Å². The van der Waals surface area contributed by atoms with Gasteiger partial charge in [0.1, 0.15) is 17.2 Å². The Kier molecular flexibility index (Phi) is 8.67. The van der Waals surface area contributed by atoms with Gasteiger partial charge in [-0.3, -0.25) is 4.90 Å². The third kappa shape index (κ3) is 6.87. The number of aromatic nitrogens is 3. The van der Waals surface area contributed by atoms with E-state index in [1.807, 2.05) is 58.0 Å². The Morgan fingerprint density at radius 3 is 2.25 bits per heavy atom. The van der Waals surface area contributed by atoms with Gasteiger partial charge in [-0.05, 0) is 80.8 Å². The van der Waals surface area contributed by atoms with Crippen molar-refractivity contribution in [2.24, 2.45) is 0 Å². The largest absolute Gasteiger partial charge is 0.497 e. The van der Waals surface area contributed by atoms with Crippen LogP contribution < -0.4 is 9.64 Å². The fourth-order valence-corrected chi connectivity index (χ4v) is 6.14. The number of hydrogen-bond acceptors (Lipinski definition) is 7. The molecule has 0 aliphatic heterocycles. The van der Waals surface area contributed by atoms with E-state index in [2.05, 4.69) is 9.97 Å². The lowest BCUT2D eigenvalue weighted by molar-refractivity contribution is 0.0576. The van der Waals surface area contributed by atoms with Gasteiger partial charge in [0.2, 0.25) is 0 Å². The first-order valence-electron chi connectivity index (χ1n) is 13.9. The molecule has 0 unspecified atom stereocenters. The average molecular weight is 633 g/mol. The highest BCUT2D eigenvalue weighted by molar-refractivity contribution is 7.90. The number of amides is 1.